The number of amides is 1. The monoisotopic (exact) mass is 348 g/mol. The summed E-state index contributed by atoms with van der Waals surface area (Å²) in [5.74, 6) is -2.52. The van der Waals surface area contributed by atoms with Gasteiger partial charge in [0.05, 0.1) is 11.6 Å². The van der Waals surface area contributed by atoms with Crippen LogP contribution < -0.4 is 5.32 Å². The Morgan fingerprint density at radius 3 is 2.73 bits per heavy atom. The van der Waals surface area contributed by atoms with E-state index in [-0.39, 0.29) is 5.69 Å². The zero-order chi connectivity index (χ0) is 18.7. The van der Waals surface area contributed by atoms with Gasteiger partial charge in [0, 0.05) is 24.4 Å². The summed E-state index contributed by atoms with van der Waals surface area (Å²) in [6.07, 6.45) is 1.72. The van der Waals surface area contributed by atoms with Crippen molar-refractivity contribution in [2.45, 2.75) is 19.8 Å². The molecule has 132 valence electrons. The molecule has 0 bridgehead atoms. The van der Waals surface area contributed by atoms with Gasteiger partial charge in [0.2, 0.25) is 11.7 Å². The summed E-state index contributed by atoms with van der Waals surface area (Å²) in [5.41, 5.74) is 0.972. The van der Waals surface area contributed by atoms with Crippen molar-refractivity contribution >= 4 is 33.4 Å². The number of hydrogen-bond donors (Lipinski definition) is 1. The van der Waals surface area contributed by atoms with Crippen LogP contribution in [0.3, 0.4) is 0 Å². The van der Waals surface area contributed by atoms with Crippen LogP contribution in [0.2, 0.25) is 0 Å². The minimum Gasteiger partial charge on any atom is -0.355 e. The van der Waals surface area contributed by atoms with E-state index in [0.29, 0.717) is 11.9 Å². The number of carbonyl (C=O) groups excluding carboxylic acids is 2. The third-order valence-electron chi connectivity index (χ3n) is 4.45. The largest absolute Gasteiger partial charge is 0.355 e. The Morgan fingerprint density at radius 1 is 1.23 bits per heavy atom. The summed E-state index contributed by atoms with van der Waals surface area (Å²) in [7, 11) is 1.76. The number of rotatable bonds is 6. The number of nitrogens with zero attached hydrogens (tertiary/aromatic N) is 3. The van der Waals surface area contributed by atoms with Crippen LogP contribution in [0.4, 0.5) is 0 Å². The van der Waals surface area contributed by atoms with Gasteiger partial charge in [0.15, 0.2) is 5.92 Å². The van der Waals surface area contributed by atoms with Crippen LogP contribution in [0.5, 0.6) is 0 Å². The summed E-state index contributed by atoms with van der Waals surface area (Å²) >= 11 is 0. The molecule has 1 heterocycles. The summed E-state index contributed by atoms with van der Waals surface area (Å²) in [4.78, 5) is 25.1. The van der Waals surface area contributed by atoms with Gasteiger partial charge in [0.25, 0.3) is 0 Å². The molecule has 0 spiro atoms. The molecule has 0 radical (unpaired) electrons. The standard InChI is InChI=1S/C20H20N4O2/c1-3-4-11-22-20(26)16(12-21)19(25)17-15-10-9-13-7-5-6-8-14(13)18(15)24(2)23-17/h5-10,16H,3-4,11H2,1-2H3,(H,22,26). The zero-order valence-electron chi connectivity index (χ0n) is 14.8. The lowest BCUT2D eigenvalue weighted by atomic mass is 9.98. The first kappa shape index (κ1) is 17.6. The first-order chi connectivity index (χ1) is 12.6. The third-order valence-corrected chi connectivity index (χ3v) is 4.45. The fourth-order valence-corrected chi connectivity index (χ4v) is 3.09. The average molecular weight is 348 g/mol. The van der Waals surface area contributed by atoms with E-state index < -0.39 is 17.6 Å². The number of aryl methyl sites for hydroxylation is 1. The van der Waals surface area contributed by atoms with Crippen LogP contribution in [0.25, 0.3) is 21.7 Å². The minimum atomic E-state index is -1.39. The van der Waals surface area contributed by atoms with Crippen molar-refractivity contribution < 1.29 is 9.59 Å². The maximum Gasteiger partial charge on any atom is 0.245 e. The van der Waals surface area contributed by atoms with E-state index in [2.05, 4.69) is 10.4 Å². The molecule has 1 atom stereocenters. The summed E-state index contributed by atoms with van der Waals surface area (Å²) in [5, 5.41) is 19.0. The lowest BCUT2D eigenvalue weighted by Gasteiger charge is -2.08. The highest BCUT2D eigenvalue weighted by molar-refractivity contribution is 6.19. The number of unbranched alkanes of at least 4 members (excludes halogenated alkanes) is 1. The van der Waals surface area contributed by atoms with Gasteiger partial charge >= 0.3 is 0 Å². The maximum atomic E-state index is 12.9. The molecule has 3 rings (SSSR count). The van der Waals surface area contributed by atoms with Crippen LogP contribution >= 0.6 is 0 Å². The molecule has 1 aromatic heterocycles. The molecule has 0 saturated carbocycles. The van der Waals surface area contributed by atoms with E-state index in [4.69, 9.17) is 0 Å². The van der Waals surface area contributed by atoms with Crippen molar-refractivity contribution in [3.8, 4) is 6.07 Å². The highest BCUT2D eigenvalue weighted by atomic mass is 16.2. The van der Waals surface area contributed by atoms with Gasteiger partial charge in [-0.1, -0.05) is 43.7 Å². The van der Waals surface area contributed by atoms with Gasteiger partial charge < -0.3 is 5.32 Å². The number of aromatic nitrogens is 2. The molecule has 1 amide bonds. The van der Waals surface area contributed by atoms with E-state index >= 15 is 0 Å². The predicted molar refractivity (Wildman–Crippen MR) is 99.6 cm³/mol. The lowest BCUT2D eigenvalue weighted by Crippen LogP contribution is -2.35. The predicted octanol–water partition coefficient (Wildman–Crippen LogP) is 2.97. The van der Waals surface area contributed by atoms with Gasteiger partial charge in [-0.25, -0.2) is 0 Å². The van der Waals surface area contributed by atoms with Crippen molar-refractivity contribution in [1.29, 1.82) is 5.26 Å². The van der Waals surface area contributed by atoms with Crippen molar-refractivity contribution in [3.63, 3.8) is 0 Å². The van der Waals surface area contributed by atoms with Gasteiger partial charge in [-0.3, -0.25) is 14.3 Å². The molecular weight excluding hydrogens is 328 g/mol. The quantitative estimate of drug-likeness (QED) is 0.421. The second-order valence-electron chi connectivity index (χ2n) is 6.23. The van der Waals surface area contributed by atoms with Crippen LogP contribution in [0.15, 0.2) is 36.4 Å². The minimum absolute atomic E-state index is 0.158. The first-order valence-electron chi connectivity index (χ1n) is 8.64. The van der Waals surface area contributed by atoms with Crippen molar-refractivity contribution in [2.24, 2.45) is 13.0 Å². The number of benzene rings is 2. The number of carbonyl (C=O) groups is 2. The Morgan fingerprint density at radius 2 is 2.00 bits per heavy atom. The van der Waals surface area contributed by atoms with Gasteiger partial charge in [-0.2, -0.15) is 10.4 Å². The molecule has 6 nitrogen and oxygen atoms in total. The van der Waals surface area contributed by atoms with Gasteiger partial charge in [0.1, 0.15) is 5.69 Å². The smallest absolute Gasteiger partial charge is 0.245 e. The number of nitriles is 1. The Kier molecular flexibility index (Phi) is 4.99. The Balaban J connectivity index is 2.02. The first-order valence-corrected chi connectivity index (χ1v) is 8.64. The molecular formula is C20H20N4O2. The second kappa shape index (κ2) is 7.36. The number of nitrogens with one attached hydrogen (secondary N) is 1. The van der Waals surface area contributed by atoms with Crippen LogP contribution in [0.1, 0.15) is 30.3 Å². The van der Waals surface area contributed by atoms with Gasteiger partial charge in [-0.05, 0) is 17.9 Å². The zero-order valence-corrected chi connectivity index (χ0v) is 14.8. The average Bonchev–Trinajstić information content (AvgIpc) is 2.99. The van der Waals surface area contributed by atoms with Crippen molar-refractivity contribution in [2.75, 3.05) is 6.54 Å². The lowest BCUT2D eigenvalue weighted by molar-refractivity contribution is -0.122. The van der Waals surface area contributed by atoms with E-state index in [9.17, 15) is 14.9 Å². The summed E-state index contributed by atoms with van der Waals surface area (Å²) < 4.78 is 1.63. The molecule has 0 aliphatic carbocycles. The second-order valence-corrected chi connectivity index (χ2v) is 6.23. The van der Waals surface area contributed by atoms with Crippen molar-refractivity contribution in [3.05, 3.63) is 42.1 Å². The molecule has 0 aliphatic heterocycles. The van der Waals surface area contributed by atoms with E-state index in [0.717, 1.165) is 29.1 Å². The fraction of sp³-hybridized carbons (Fsp3) is 0.300. The Bertz CT molecular complexity index is 1030. The normalized spacial score (nSPS) is 12.0. The number of Topliss-reactive ketones (excluding diaryl/α,β-unsaturated/α-hetero) is 1. The van der Waals surface area contributed by atoms with Crippen LogP contribution in [-0.2, 0) is 11.8 Å². The van der Waals surface area contributed by atoms with Crippen LogP contribution in [0, 0.1) is 17.2 Å². The Labute approximate surface area is 151 Å². The summed E-state index contributed by atoms with van der Waals surface area (Å²) in [6, 6.07) is 13.4. The molecule has 26 heavy (non-hydrogen) atoms. The SMILES string of the molecule is CCCCNC(=O)C(C#N)C(=O)c1nn(C)c2c1ccc1ccccc12. The number of fused-ring (bicyclic) bond motifs is 3. The highest BCUT2D eigenvalue weighted by Crippen LogP contribution is 2.28. The van der Waals surface area contributed by atoms with Crippen LogP contribution in [-0.4, -0.2) is 28.0 Å². The molecule has 0 aliphatic rings. The number of hydrogen-bond acceptors (Lipinski definition) is 4. The van der Waals surface area contributed by atoms with Crippen molar-refractivity contribution in [1.82, 2.24) is 15.1 Å². The molecule has 0 saturated heterocycles. The molecule has 6 heteroatoms. The topological polar surface area (TPSA) is 87.8 Å². The van der Waals surface area contributed by atoms with E-state index in [1.807, 2.05) is 49.4 Å². The maximum absolute atomic E-state index is 12.9. The fourth-order valence-electron chi connectivity index (χ4n) is 3.09. The molecule has 0 fully saturated rings. The van der Waals surface area contributed by atoms with Gasteiger partial charge in [-0.15, -0.1) is 0 Å². The van der Waals surface area contributed by atoms with E-state index in [1.54, 1.807) is 11.7 Å². The van der Waals surface area contributed by atoms with E-state index in [1.165, 1.54) is 0 Å². The highest BCUT2D eigenvalue weighted by Gasteiger charge is 2.31. The molecule has 2 aromatic carbocycles. The molecule has 3 aromatic rings. The molecule has 1 unspecified atom stereocenters. The number of ketones is 1. The molecule has 1 N–H and O–H groups in total. The summed E-state index contributed by atoms with van der Waals surface area (Å²) in [6.45, 7) is 2.46. The Hall–Kier alpha value is -3.20. The third kappa shape index (κ3) is 3.04.